The summed E-state index contributed by atoms with van der Waals surface area (Å²) in [7, 11) is 0. The monoisotopic (exact) mass is 410 g/mol. The van der Waals surface area contributed by atoms with Crippen molar-refractivity contribution in [2.24, 2.45) is 5.92 Å². The van der Waals surface area contributed by atoms with Crippen LogP contribution in [0.15, 0.2) is 42.7 Å². The highest BCUT2D eigenvalue weighted by Crippen LogP contribution is 2.25. The predicted molar refractivity (Wildman–Crippen MR) is 98.8 cm³/mol. The van der Waals surface area contributed by atoms with Crippen LogP contribution >= 0.6 is 0 Å². The Hall–Kier alpha value is -3.04. The van der Waals surface area contributed by atoms with E-state index in [2.05, 4.69) is 14.8 Å². The summed E-state index contributed by atoms with van der Waals surface area (Å²) in [5.41, 5.74) is 0.575. The average Bonchev–Trinajstić information content (AvgIpc) is 3.16. The number of carbonyl (C=O) groups excluding carboxylic acids is 1. The van der Waals surface area contributed by atoms with E-state index in [9.17, 15) is 18.0 Å². The van der Waals surface area contributed by atoms with Gasteiger partial charge in [-0.3, -0.25) is 0 Å². The molecule has 29 heavy (non-hydrogen) atoms. The van der Waals surface area contributed by atoms with E-state index in [1.54, 1.807) is 6.92 Å². The van der Waals surface area contributed by atoms with Gasteiger partial charge >= 0.3 is 12.3 Å². The number of alkyl halides is 3. The van der Waals surface area contributed by atoms with Crippen LogP contribution in [0.2, 0.25) is 0 Å². The standard InChI is InChI=1S/C19H21F3N4O3/c1-2-28-17(27)8-3-14-9-11-25(12-10-14)18-23-13-26(24-18)15-4-6-16(7-5-15)29-19(20,21)22/h3-8,13-14H,2,9-12H2,1H3/b8-3+. The third kappa shape index (κ3) is 5.97. The van der Waals surface area contributed by atoms with E-state index in [1.165, 1.54) is 41.4 Å². The molecule has 0 radical (unpaired) electrons. The van der Waals surface area contributed by atoms with Crippen LogP contribution in [0.1, 0.15) is 19.8 Å². The van der Waals surface area contributed by atoms with Gasteiger partial charge in [-0.25, -0.2) is 9.48 Å². The van der Waals surface area contributed by atoms with E-state index in [0.717, 1.165) is 25.9 Å². The molecule has 0 atom stereocenters. The van der Waals surface area contributed by atoms with Crippen molar-refractivity contribution in [3.63, 3.8) is 0 Å². The molecule has 1 saturated heterocycles. The molecule has 0 saturated carbocycles. The lowest BCUT2D eigenvalue weighted by atomic mass is 9.96. The van der Waals surface area contributed by atoms with E-state index in [4.69, 9.17) is 4.74 Å². The average molecular weight is 410 g/mol. The number of hydrogen-bond acceptors (Lipinski definition) is 6. The number of benzene rings is 1. The maximum Gasteiger partial charge on any atom is 0.573 e. The fraction of sp³-hybridized carbons (Fsp3) is 0.421. The smallest absolute Gasteiger partial charge is 0.463 e. The Morgan fingerprint density at radius 1 is 1.24 bits per heavy atom. The summed E-state index contributed by atoms with van der Waals surface area (Å²) in [6.45, 7) is 3.59. The molecule has 1 aromatic carbocycles. The second-order valence-corrected chi connectivity index (χ2v) is 6.47. The minimum Gasteiger partial charge on any atom is -0.463 e. The molecule has 0 unspecified atom stereocenters. The number of anilines is 1. The van der Waals surface area contributed by atoms with Crippen molar-refractivity contribution in [3.8, 4) is 11.4 Å². The first kappa shape index (κ1) is 20.7. The summed E-state index contributed by atoms with van der Waals surface area (Å²) in [5.74, 6) is 0.217. The van der Waals surface area contributed by atoms with Crippen LogP contribution in [0.4, 0.5) is 19.1 Å². The molecule has 10 heteroatoms. The Morgan fingerprint density at radius 2 is 1.93 bits per heavy atom. The Bertz CT molecular complexity index is 841. The highest BCUT2D eigenvalue weighted by Gasteiger charge is 2.31. The predicted octanol–water partition coefficient (Wildman–Crippen LogP) is 3.50. The van der Waals surface area contributed by atoms with Crippen molar-refractivity contribution < 1.29 is 27.4 Å². The van der Waals surface area contributed by atoms with Crippen molar-refractivity contribution >= 4 is 11.9 Å². The van der Waals surface area contributed by atoms with Gasteiger partial charge in [0.15, 0.2) is 0 Å². The largest absolute Gasteiger partial charge is 0.573 e. The van der Waals surface area contributed by atoms with Crippen molar-refractivity contribution in [2.75, 3.05) is 24.6 Å². The quantitative estimate of drug-likeness (QED) is 0.536. The van der Waals surface area contributed by atoms with E-state index in [1.807, 2.05) is 11.0 Å². The molecule has 3 rings (SSSR count). The molecular formula is C19H21F3N4O3. The SMILES string of the molecule is CCOC(=O)/C=C/C1CCN(c2ncn(-c3ccc(OC(F)(F)F)cc3)n2)CC1. The number of halogens is 3. The Labute approximate surface area is 165 Å². The van der Waals surface area contributed by atoms with E-state index < -0.39 is 6.36 Å². The van der Waals surface area contributed by atoms with Gasteiger partial charge in [0, 0.05) is 19.2 Å². The second-order valence-electron chi connectivity index (χ2n) is 6.47. The summed E-state index contributed by atoms with van der Waals surface area (Å²) in [6.07, 6.45) is 1.86. The molecule has 2 aromatic rings. The first-order chi connectivity index (χ1) is 13.8. The highest BCUT2D eigenvalue weighted by atomic mass is 19.4. The number of nitrogens with zero attached hydrogens (tertiary/aromatic N) is 4. The normalized spacial score (nSPS) is 15.7. The van der Waals surface area contributed by atoms with E-state index in [0.29, 0.717) is 24.2 Å². The maximum atomic E-state index is 12.2. The maximum absolute atomic E-state index is 12.2. The number of rotatable bonds is 6. The lowest BCUT2D eigenvalue weighted by Crippen LogP contribution is -2.34. The number of allylic oxidation sites excluding steroid dienone is 1. The first-order valence-electron chi connectivity index (χ1n) is 9.22. The minimum atomic E-state index is -4.72. The van der Waals surface area contributed by atoms with Crippen LogP contribution in [0.3, 0.4) is 0 Å². The van der Waals surface area contributed by atoms with Crippen molar-refractivity contribution in [3.05, 3.63) is 42.7 Å². The number of piperidine rings is 1. The molecule has 0 N–H and O–H groups in total. The third-order valence-corrected chi connectivity index (χ3v) is 4.43. The van der Waals surface area contributed by atoms with Gasteiger partial charge in [0.25, 0.3) is 0 Å². The van der Waals surface area contributed by atoms with Gasteiger partial charge in [0.05, 0.1) is 12.3 Å². The van der Waals surface area contributed by atoms with Gasteiger partial charge in [-0.2, -0.15) is 4.98 Å². The molecule has 1 aromatic heterocycles. The van der Waals surface area contributed by atoms with E-state index >= 15 is 0 Å². The second kappa shape index (κ2) is 8.97. The summed E-state index contributed by atoms with van der Waals surface area (Å²) in [5, 5.41) is 4.41. The van der Waals surface area contributed by atoms with Crippen molar-refractivity contribution in [1.82, 2.24) is 14.8 Å². The summed E-state index contributed by atoms with van der Waals surface area (Å²) < 4.78 is 47.0. The third-order valence-electron chi connectivity index (χ3n) is 4.43. The van der Waals surface area contributed by atoms with Gasteiger partial charge in [-0.1, -0.05) is 6.08 Å². The summed E-state index contributed by atoms with van der Waals surface area (Å²) in [4.78, 5) is 17.7. The fourth-order valence-corrected chi connectivity index (χ4v) is 3.02. The van der Waals surface area contributed by atoms with Crippen LogP contribution in [-0.2, 0) is 9.53 Å². The van der Waals surface area contributed by atoms with Crippen LogP contribution in [0, 0.1) is 5.92 Å². The molecule has 2 heterocycles. The summed E-state index contributed by atoms with van der Waals surface area (Å²) >= 11 is 0. The number of hydrogen-bond donors (Lipinski definition) is 0. The van der Waals surface area contributed by atoms with Gasteiger partial charge < -0.3 is 14.4 Å². The Balaban J connectivity index is 1.56. The minimum absolute atomic E-state index is 0.291. The lowest BCUT2D eigenvalue weighted by molar-refractivity contribution is -0.274. The number of esters is 1. The van der Waals surface area contributed by atoms with Crippen LogP contribution < -0.4 is 9.64 Å². The fourth-order valence-electron chi connectivity index (χ4n) is 3.02. The molecule has 0 bridgehead atoms. The zero-order chi connectivity index (χ0) is 20.9. The number of ether oxygens (including phenoxy) is 2. The molecule has 0 aliphatic carbocycles. The zero-order valence-corrected chi connectivity index (χ0v) is 15.8. The van der Waals surface area contributed by atoms with Crippen molar-refractivity contribution in [1.29, 1.82) is 0 Å². The van der Waals surface area contributed by atoms with Gasteiger partial charge in [0.1, 0.15) is 12.1 Å². The molecule has 156 valence electrons. The number of carbonyl (C=O) groups is 1. The highest BCUT2D eigenvalue weighted by molar-refractivity contribution is 5.81. The summed E-state index contributed by atoms with van der Waals surface area (Å²) in [6, 6.07) is 5.41. The Morgan fingerprint density at radius 3 is 2.55 bits per heavy atom. The van der Waals surface area contributed by atoms with Crippen LogP contribution in [0.25, 0.3) is 5.69 Å². The van der Waals surface area contributed by atoms with Crippen LogP contribution in [-0.4, -0.2) is 46.8 Å². The molecule has 0 spiro atoms. The van der Waals surface area contributed by atoms with Gasteiger partial charge in [0.2, 0.25) is 5.95 Å². The Kier molecular flexibility index (Phi) is 6.40. The van der Waals surface area contributed by atoms with Crippen molar-refractivity contribution in [2.45, 2.75) is 26.1 Å². The molecule has 1 aliphatic heterocycles. The van der Waals surface area contributed by atoms with E-state index in [-0.39, 0.29) is 11.7 Å². The lowest BCUT2D eigenvalue weighted by Gasteiger charge is -2.29. The molecule has 7 nitrogen and oxygen atoms in total. The van der Waals surface area contributed by atoms with Gasteiger partial charge in [-0.15, -0.1) is 18.3 Å². The molecular weight excluding hydrogens is 389 g/mol. The van der Waals surface area contributed by atoms with Gasteiger partial charge in [-0.05, 0) is 49.9 Å². The molecule has 0 amide bonds. The number of aromatic nitrogens is 3. The molecule has 1 fully saturated rings. The zero-order valence-electron chi connectivity index (χ0n) is 15.8. The first-order valence-corrected chi connectivity index (χ1v) is 9.22. The topological polar surface area (TPSA) is 69.5 Å². The van der Waals surface area contributed by atoms with Crippen LogP contribution in [0.5, 0.6) is 5.75 Å². The molecule has 1 aliphatic rings.